The van der Waals surface area contributed by atoms with E-state index in [2.05, 4.69) is 331 Å². The fraction of sp³-hybridized carbons (Fsp3) is 0.0480. The third-order valence-electron chi connectivity index (χ3n) is 25.2. The molecule has 13 heteroatoms. The highest BCUT2D eigenvalue weighted by Crippen LogP contribution is 2.40. The van der Waals surface area contributed by atoms with Gasteiger partial charge in [0.05, 0.1) is 78.7 Å². The summed E-state index contributed by atoms with van der Waals surface area (Å²) in [4.78, 5) is 66.3. The standard InChI is InChI=1S/C43H32N4.C41H29N5.C41H28N4/c1-28(2)36-26-38(31-14-8-4-9-15-31)45-42-35(36)24-22-33-23-25-37(44-41(33)42)40-27-39(32-16-10-5-11-17-32)46-43(47-40)34-20-18-30(19-21-34)29-12-6-3-7-13-29;1-2-27-26-36(30-14-8-4-9-15-30)43-38-34(27)24-22-31-23-25-35(42-37(31)38)41-45-39(32-16-10-5-11-17-32)44-40(46-41)33-20-18-29(19-21-33)28-12-6-3-7-13-28;1-27-25-36(30-13-7-3-8-14-30)43-40-34(27)23-21-33-22-24-35(42-39(33)40)41-44-37(31-15-9-4-10-16-31)26-38(45-41)32-19-17-29(18-20-32)28-11-5-2-6-12-28/h3-28H,1-2H3;3-26H,2H2,1H3;2-26H,1H3. The smallest absolute Gasteiger partial charge is 0.182 e. The Labute approximate surface area is 800 Å². The Balaban J connectivity index is 0.000000120. The molecule has 24 aromatic rings. The SMILES string of the molecule is CC(C)c1cc(-c2ccccc2)nc2c1ccc1ccc(-c3cc(-c4ccccc4)nc(-c4ccc(-c5ccccc5)cc4)n3)nc12.CCc1cc(-c2ccccc2)nc2c1ccc1ccc(-c3nc(-c4ccccc4)nc(-c4ccc(-c5ccccc5)cc4)n3)nc12.Cc1cc(-c2ccccc2)nc2c1ccc1ccc(-c3nc(-c4ccccc4)cc(-c4ccc(-c5ccccc5)cc4)n3)nc12. The van der Waals surface area contributed by atoms with Crippen LogP contribution in [0.1, 0.15) is 43.4 Å². The summed E-state index contributed by atoms with van der Waals surface area (Å²) in [5.41, 5.74) is 33.3. The van der Waals surface area contributed by atoms with Crippen LogP contribution in [0.5, 0.6) is 0 Å². The van der Waals surface area contributed by atoms with Crippen LogP contribution in [0.15, 0.2) is 449 Å². The lowest BCUT2D eigenvalue weighted by molar-refractivity contribution is 0.875. The quantitative estimate of drug-likeness (QED) is 0.0791. The Hall–Kier alpha value is -18.1. The average Bonchev–Trinajstić information content (AvgIpc) is 0.752. The maximum absolute atomic E-state index is 5.28. The summed E-state index contributed by atoms with van der Waals surface area (Å²) >= 11 is 0. The third-order valence-corrected chi connectivity index (χ3v) is 25.2. The molecule has 0 atom stereocenters. The van der Waals surface area contributed by atoms with Gasteiger partial charge in [-0.1, -0.05) is 421 Å². The highest BCUT2D eigenvalue weighted by molar-refractivity contribution is 6.08. The second-order valence-corrected chi connectivity index (χ2v) is 34.5. The first-order valence-electron chi connectivity index (χ1n) is 46.6. The van der Waals surface area contributed by atoms with Gasteiger partial charge >= 0.3 is 0 Å². The van der Waals surface area contributed by atoms with Crippen LogP contribution in [-0.2, 0) is 6.42 Å². The maximum atomic E-state index is 5.28. The van der Waals surface area contributed by atoms with E-state index in [0.29, 0.717) is 46.4 Å². The van der Waals surface area contributed by atoms with Crippen molar-refractivity contribution < 1.29 is 0 Å². The van der Waals surface area contributed by atoms with Gasteiger partial charge in [-0.15, -0.1) is 0 Å². The van der Waals surface area contributed by atoms with Crippen molar-refractivity contribution in [2.75, 3.05) is 0 Å². The lowest BCUT2D eigenvalue weighted by atomic mass is 9.95. The van der Waals surface area contributed by atoms with Crippen LogP contribution >= 0.6 is 0 Å². The average molecular weight is 1770 g/mol. The molecule has 138 heavy (non-hydrogen) atoms. The van der Waals surface area contributed by atoms with Crippen molar-refractivity contribution in [2.45, 2.75) is 40.0 Å². The number of hydrogen-bond donors (Lipinski definition) is 0. The molecule has 0 spiro atoms. The molecule has 0 radical (unpaired) electrons. The number of nitrogens with zero attached hydrogens (tertiary/aromatic N) is 13. The van der Waals surface area contributed by atoms with Gasteiger partial charge in [0.2, 0.25) is 0 Å². The predicted octanol–water partition coefficient (Wildman–Crippen LogP) is 31.1. The summed E-state index contributed by atoms with van der Waals surface area (Å²) in [6.07, 6.45) is 0.893. The summed E-state index contributed by atoms with van der Waals surface area (Å²) in [6, 6.07) is 154. The minimum absolute atomic E-state index is 0.328. The van der Waals surface area contributed by atoms with E-state index in [1.807, 2.05) is 146 Å². The zero-order valence-electron chi connectivity index (χ0n) is 76.3. The lowest BCUT2D eigenvalue weighted by Crippen LogP contribution is -2.01. The normalized spacial score (nSPS) is 11.3. The Kier molecular flexibility index (Phi) is 23.7. The van der Waals surface area contributed by atoms with Crippen LogP contribution in [0, 0.1) is 6.92 Å². The molecule has 0 saturated carbocycles. The minimum atomic E-state index is 0.328. The number of rotatable bonds is 17. The van der Waals surface area contributed by atoms with E-state index < -0.39 is 0 Å². The first-order valence-corrected chi connectivity index (χ1v) is 46.6. The number of pyridine rings is 6. The Morgan fingerprint density at radius 3 is 0.826 bits per heavy atom. The molecule has 0 aliphatic heterocycles. The number of benzene rings is 15. The van der Waals surface area contributed by atoms with Crippen molar-refractivity contribution in [1.29, 1.82) is 0 Å². The zero-order valence-corrected chi connectivity index (χ0v) is 76.3. The van der Waals surface area contributed by atoms with Crippen molar-refractivity contribution in [3.05, 3.63) is 466 Å². The molecule has 654 valence electrons. The molecule has 0 fully saturated rings. The maximum Gasteiger partial charge on any atom is 0.182 e. The van der Waals surface area contributed by atoms with Gasteiger partial charge in [-0.05, 0) is 118 Å². The molecule has 0 aliphatic carbocycles. The Bertz CT molecular complexity index is 8570. The molecule has 0 N–H and O–H groups in total. The predicted molar refractivity (Wildman–Crippen MR) is 565 cm³/mol. The van der Waals surface area contributed by atoms with Gasteiger partial charge in [-0.2, -0.15) is 0 Å². The fourth-order valence-corrected chi connectivity index (χ4v) is 17.9. The largest absolute Gasteiger partial charge is 0.245 e. The van der Waals surface area contributed by atoms with Crippen LogP contribution in [0.4, 0.5) is 0 Å². The fourth-order valence-electron chi connectivity index (χ4n) is 17.9. The lowest BCUT2D eigenvalue weighted by Gasteiger charge is -2.15. The van der Waals surface area contributed by atoms with E-state index in [1.165, 1.54) is 27.8 Å². The number of hydrogen-bond acceptors (Lipinski definition) is 13. The molecule has 13 nitrogen and oxygen atoms in total. The highest BCUT2D eigenvalue weighted by atomic mass is 15.1. The van der Waals surface area contributed by atoms with Crippen LogP contribution in [0.25, 0.3) is 235 Å². The first-order chi connectivity index (χ1) is 68.0. The molecule has 0 amide bonds. The minimum Gasteiger partial charge on any atom is -0.245 e. The van der Waals surface area contributed by atoms with E-state index in [-0.39, 0.29) is 0 Å². The monoisotopic (exact) mass is 1770 g/mol. The van der Waals surface area contributed by atoms with Gasteiger partial charge in [0.1, 0.15) is 11.4 Å². The summed E-state index contributed by atoms with van der Waals surface area (Å²) in [6.45, 7) is 8.78. The topological polar surface area (TPSA) is 168 Å². The van der Waals surface area contributed by atoms with Gasteiger partial charge in [-0.3, -0.25) is 0 Å². The summed E-state index contributed by atoms with van der Waals surface area (Å²) in [7, 11) is 0. The molecule has 0 unspecified atom stereocenters. The molecule has 0 bridgehead atoms. The molecule has 0 aliphatic rings. The van der Waals surface area contributed by atoms with Crippen LogP contribution in [0.3, 0.4) is 0 Å². The Morgan fingerprint density at radius 1 is 0.174 bits per heavy atom. The third kappa shape index (κ3) is 17.9. The highest BCUT2D eigenvalue weighted by Gasteiger charge is 2.23. The van der Waals surface area contributed by atoms with E-state index in [0.717, 1.165) is 190 Å². The van der Waals surface area contributed by atoms with E-state index in [9.17, 15) is 0 Å². The Morgan fingerprint density at radius 2 is 0.420 bits per heavy atom. The second-order valence-electron chi connectivity index (χ2n) is 34.5. The number of fused-ring (bicyclic) bond motifs is 9. The van der Waals surface area contributed by atoms with Gasteiger partial charge in [0.15, 0.2) is 29.1 Å². The molecular formula is C125H89N13. The van der Waals surface area contributed by atoms with E-state index >= 15 is 0 Å². The van der Waals surface area contributed by atoms with E-state index in [1.54, 1.807) is 0 Å². The summed E-state index contributed by atoms with van der Waals surface area (Å²) in [5, 5.41) is 6.42. The van der Waals surface area contributed by atoms with Gasteiger partial charge in [0, 0.05) is 82.4 Å². The van der Waals surface area contributed by atoms with Crippen molar-refractivity contribution in [3.8, 4) is 170 Å². The molecule has 15 aromatic carbocycles. The molecule has 24 rings (SSSR count). The number of aryl methyl sites for hydroxylation is 2. The van der Waals surface area contributed by atoms with Crippen LogP contribution < -0.4 is 0 Å². The van der Waals surface area contributed by atoms with Crippen LogP contribution in [0.2, 0.25) is 0 Å². The second kappa shape index (κ2) is 38.3. The van der Waals surface area contributed by atoms with Crippen molar-refractivity contribution in [1.82, 2.24) is 64.8 Å². The van der Waals surface area contributed by atoms with E-state index in [4.69, 9.17) is 64.8 Å². The number of aromatic nitrogens is 13. The van der Waals surface area contributed by atoms with Crippen molar-refractivity contribution >= 4 is 65.4 Å². The van der Waals surface area contributed by atoms with Crippen molar-refractivity contribution in [2.24, 2.45) is 0 Å². The zero-order chi connectivity index (χ0) is 92.8. The molecule has 9 heterocycles. The van der Waals surface area contributed by atoms with Gasteiger partial charge in [0.25, 0.3) is 0 Å². The van der Waals surface area contributed by atoms with Gasteiger partial charge in [-0.25, -0.2) is 64.8 Å². The van der Waals surface area contributed by atoms with Crippen LogP contribution in [-0.4, -0.2) is 64.8 Å². The first kappa shape index (κ1) is 85.4. The molecular weight excluding hydrogens is 1680 g/mol. The summed E-state index contributed by atoms with van der Waals surface area (Å²) in [5.74, 6) is 3.28. The molecule has 9 aromatic heterocycles. The van der Waals surface area contributed by atoms with Gasteiger partial charge < -0.3 is 0 Å². The molecule has 0 saturated heterocycles. The van der Waals surface area contributed by atoms with Crippen molar-refractivity contribution in [3.63, 3.8) is 0 Å². The summed E-state index contributed by atoms with van der Waals surface area (Å²) < 4.78 is 0.